The highest BCUT2D eigenvalue weighted by Gasteiger charge is 2.20. The fraction of sp³-hybridized carbons (Fsp3) is 0.680. The fourth-order valence-corrected chi connectivity index (χ4v) is 4.15. The number of hydrogen-bond donors (Lipinski definition) is 1. The van der Waals surface area contributed by atoms with Gasteiger partial charge in [-0.25, -0.2) is 0 Å². The van der Waals surface area contributed by atoms with Crippen molar-refractivity contribution in [3.63, 3.8) is 0 Å². The van der Waals surface area contributed by atoms with Gasteiger partial charge < -0.3 is 10.1 Å². The van der Waals surface area contributed by atoms with Gasteiger partial charge in [0.05, 0.1) is 7.11 Å². The van der Waals surface area contributed by atoms with Crippen LogP contribution in [0.25, 0.3) is 0 Å². The number of ether oxygens (including phenoxy) is 1. The highest BCUT2D eigenvalue weighted by Crippen LogP contribution is 2.36. The summed E-state index contributed by atoms with van der Waals surface area (Å²) in [5, 5.41) is 3.59. The first kappa shape index (κ1) is 22.0. The molecule has 2 heteroatoms. The van der Waals surface area contributed by atoms with Crippen LogP contribution in [0, 0.1) is 5.92 Å². The van der Waals surface area contributed by atoms with Crippen LogP contribution in [0.1, 0.15) is 89.0 Å². The second-order valence-electron chi connectivity index (χ2n) is 8.12. The SMILES string of the molecule is CCCCCCCCNCC/C=C/C1CCC(c2ccc(OC)cc2)CC1. The Bertz CT molecular complexity index is 500. The molecule has 0 aromatic heterocycles. The third kappa shape index (κ3) is 8.97. The van der Waals surface area contributed by atoms with Gasteiger partial charge in [-0.1, -0.05) is 63.3 Å². The van der Waals surface area contributed by atoms with Crippen molar-refractivity contribution >= 4 is 0 Å². The summed E-state index contributed by atoms with van der Waals surface area (Å²) < 4.78 is 5.26. The number of unbranched alkanes of at least 4 members (excludes halogenated alkanes) is 5. The van der Waals surface area contributed by atoms with Crippen LogP contribution in [0.3, 0.4) is 0 Å². The van der Waals surface area contributed by atoms with Gasteiger partial charge in [0.1, 0.15) is 5.75 Å². The molecule has 1 aliphatic rings. The van der Waals surface area contributed by atoms with E-state index in [-0.39, 0.29) is 0 Å². The minimum atomic E-state index is 0.736. The van der Waals surface area contributed by atoms with E-state index in [1.807, 2.05) is 0 Å². The van der Waals surface area contributed by atoms with Gasteiger partial charge in [0.25, 0.3) is 0 Å². The van der Waals surface area contributed by atoms with Gasteiger partial charge in [-0.3, -0.25) is 0 Å². The maximum absolute atomic E-state index is 5.26. The lowest BCUT2D eigenvalue weighted by atomic mass is 9.78. The van der Waals surface area contributed by atoms with E-state index in [9.17, 15) is 0 Å². The highest BCUT2D eigenvalue weighted by atomic mass is 16.5. The molecule has 2 rings (SSSR count). The first-order valence-corrected chi connectivity index (χ1v) is 11.3. The van der Waals surface area contributed by atoms with E-state index in [4.69, 9.17) is 4.74 Å². The van der Waals surface area contributed by atoms with Gasteiger partial charge in [-0.05, 0) is 81.1 Å². The average molecular weight is 372 g/mol. The molecule has 0 aliphatic heterocycles. The fourth-order valence-electron chi connectivity index (χ4n) is 4.15. The lowest BCUT2D eigenvalue weighted by Crippen LogP contribution is -2.16. The minimum Gasteiger partial charge on any atom is -0.497 e. The molecule has 1 aromatic rings. The summed E-state index contributed by atoms with van der Waals surface area (Å²) in [5.41, 5.74) is 1.48. The summed E-state index contributed by atoms with van der Waals surface area (Å²) in [5.74, 6) is 2.48. The molecule has 1 fully saturated rings. The van der Waals surface area contributed by atoms with Crippen molar-refractivity contribution in [1.82, 2.24) is 5.32 Å². The molecule has 0 atom stereocenters. The second-order valence-corrected chi connectivity index (χ2v) is 8.12. The molecule has 0 amide bonds. The highest BCUT2D eigenvalue weighted by molar-refractivity contribution is 5.29. The molecule has 1 N–H and O–H groups in total. The first-order chi connectivity index (χ1) is 13.3. The molecule has 152 valence electrons. The van der Waals surface area contributed by atoms with Crippen molar-refractivity contribution in [1.29, 1.82) is 0 Å². The van der Waals surface area contributed by atoms with Gasteiger partial charge in [-0.2, -0.15) is 0 Å². The van der Waals surface area contributed by atoms with Crippen LogP contribution >= 0.6 is 0 Å². The Balaban J connectivity index is 1.50. The average Bonchev–Trinajstić information content (AvgIpc) is 2.72. The van der Waals surface area contributed by atoms with E-state index in [0.717, 1.165) is 24.1 Å². The van der Waals surface area contributed by atoms with Gasteiger partial charge in [-0.15, -0.1) is 0 Å². The summed E-state index contributed by atoms with van der Waals surface area (Å²) in [6, 6.07) is 8.68. The van der Waals surface area contributed by atoms with Crippen LogP contribution in [0.2, 0.25) is 0 Å². The molecule has 2 nitrogen and oxygen atoms in total. The summed E-state index contributed by atoms with van der Waals surface area (Å²) in [6.45, 7) is 4.60. The van der Waals surface area contributed by atoms with Crippen molar-refractivity contribution in [2.75, 3.05) is 20.2 Å². The van der Waals surface area contributed by atoms with E-state index >= 15 is 0 Å². The minimum absolute atomic E-state index is 0.736. The van der Waals surface area contributed by atoms with Crippen LogP contribution in [-0.4, -0.2) is 20.2 Å². The van der Waals surface area contributed by atoms with Gasteiger partial charge in [0, 0.05) is 0 Å². The quantitative estimate of drug-likeness (QED) is 0.302. The summed E-state index contributed by atoms with van der Waals surface area (Å²) in [7, 11) is 1.73. The smallest absolute Gasteiger partial charge is 0.118 e. The predicted molar refractivity (Wildman–Crippen MR) is 118 cm³/mol. The zero-order chi connectivity index (χ0) is 19.2. The first-order valence-electron chi connectivity index (χ1n) is 11.3. The van der Waals surface area contributed by atoms with Gasteiger partial charge >= 0.3 is 0 Å². The Morgan fingerprint density at radius 1 is 0.926 bits per heavy atom. The molecule has 1 aliphatic carbocycles. The molecular formula is C25H41NO. The molecule has 27 heavy (non-hydrogen) atoms. The molecule has 0 spiro atoms. The predicted octanol–water partition coefficient (Wildman–Crippen LogP) is 6.87. The topological polar surface area (TPSA) is 21.3 Å². The van der Waals surface area contributed by atoms with E-state index < -0.39 is 0 Å². The Morgan fingerprint density at radius 2 is 1.63 bits per heavy atom. The van der Waals surface area contributed by atoms with E-state index in [1.165, 1.54) is 82.7 Å². The monoisotopic (exact) mass is 371 g/mol. The molecule has 0 radical (unpaired) electrons. The molecule has 0 bridgehead atoms. The number of nitrogens with one attached hydrogen (secondary N) is 1. The maximum Gasteiger partial charge on any atom is 0.118 e. The van der Waals surface area contributed by atoms with E-state index in [1.54, 1.807) is 7.11 Å². The number of methoxy groups -OCH3 is 1. The Morgan fingerprint density at radius 3 is 2.33 bits per heavy atom. The number of benzene rings is 1. The standard InChI is InChI=1S/C25H41NO/c1-3-4-5-6-7-9-20-26-21-10-8-11-22-12-14-23(15-13-22)24-16-18-25(27-2)19-17-24/h8,11,16-19,22-23,26H,3-7,9-10,12-15,20-21H2,1-2H3/b11-8+. The Hall–Kier alpha value is -1.28. The van der Waals surface area contributed by atoms with Crippen LogP contribution < -0.4 is 10.1 Å². The largest absolute Gasteiger partial charge is 0.497 e. The zero-order valence-corrected chi connectivity index (χ0v) is 17.7. The van der Waals surface area contributed by atoms with Crippen molar-refractivity contribution < 1.29 is 4.74 Å². The maximum atomic E-state index is 5.26. The number of rotatable bonds is 13. The third-order valence-corrected chi connectivity index (χ3v) is 5.96. The zero-order valence-electron chi connectivity index (χ0n) is 17.7. The lowest BCUT2D eigenvalue weighted by molar-refractivity contribution is 0.374. The number of hydrogen-bond acceptors (Lipinski definition) is 2. The summed E-state index contributed by atoms with van der Waals surface area (Å²) in [4.78, 5) is 0. The normalized spacial score (nSPS) is 20.2. The third-order valence-electron chi connectivity index (χ3n) is 5.96. The molecule has 0 saturated heterocycles. The van der Waals surface area contributed by atoms with E-state index in [2.05, 4.69) is 48.7 Å². The molecule has 0 unspecified atom stereocenters. The van der Waals surface area contributed by atoms with Crippen LogP contribution in [-0.2, 0) is 0 Å². The van der Waals surface area contributed by atoms with Crippen molar-refractivity contribution in [2.45, 2.75) is 83.5 Å². The van der Waals surface area contributed by atoms with E-state index in [0.29, 0.717) is 0 Å². The Labute approximate surface area is 167 Å². The van der Waals surface area contributed by atoms with Gasteiger partial charge in [0.15, 0.2) is 0 Å². The molecule has 1 aromatic carbocycles. The van der Waals surface area contributed by atoms with Crippen LogP contribution in [0.5, 0.6) is 5.75 Å². The molecule has 1 saturated carbocycles. The van der Waals surface area contributed by atoms with Crippen LogP contribution in [0.15, 0.2) is 36.4 Å². The number of allylic oxidation sites excluding steroid dienone is 1. The molecule has 0 heterocycles. The van der Waals surface area contributed by atoms with Crippen LogP contribution in [0.4, 0.5) is 0 Å². The lowest BCUT2D eigenvalue weighted by Gasteiger charge is -2.27. The Kier molecular flexibility index (Phi) is 11.3. The van der Waals surface area contributed by atoms with Crippen molar-refractivity contribution in [2.24, 2.45) is 5.92 Å². The summed E-state index contributed by atoms with van der Waals surface area (Å²) in [6.07, 6.45) is 19.7. The van der Waals surface area contributed by atoms with Gasteiger partial charge in [0.2, 0.25) is 0 Å². The second kappa shape index (κ2) is 13.8. The summed E-state index contributed by atoms with van der Waals surface area (Å²) >= 11 is 0. The van der Waals surface area contributed by atoms with Crippen molar-refractivity contribution in [3.05, 3.63) is 42.0 Å². The van der Waals surface area contributed by atoms with Crippen molar-refractivity contribution in [3.8, 4) is 5.75 Å². The molecular weight excluding hydrogens is 330 g/mol.